The first-order valence-corrected chi connectivity index (χ1v) is 19.5. The van der Waals surface area contributed by atoms with Gasteiger partial charge in [-0.1, -0.05) is 135 Å². The molecule has 0 saturated heterocycles. The zero-order chi connectivity index (χ0) is 42.6. The topological polar surface area (TPSA) is 9.86 Å². The van der Waals surface area contributed by atoms with E-state index in [9.17, 15) is 0 Å². The number of hydrogen-bond acceptors (Lipinski definition) is 0. The Labute approximate surface area is 369 Å². The third-order valence-electron chi connectivity index (χ3n) is 11.8. The van der Waals surface area contributed by atoms with Crippen LogP contribution < -0.4 is 60.1 Å². The summed E-state index contributed by atoms with van der Waals surface area (Å²) in [5, 5.41) is 2.44. The molecule has 0 N–H and O–H groups in total. The predicted octanol–water partition coefficient (Wildman–Crippen LogP) is -0.386. The van der Waals surface area contributed by atoms with Crippen LogP contribution in [0.1, 0.15) is 0 Å². The van der Waals surface area contributed by atoms with Crippen molar-refractivity contribution in [3.8, 4) is 44.8 Å². The van der Waals surface area contributed by atoms with Crippen molar-refractivity contribution in [3.05, 3.63) is 127 Å². The lowest BCUT2D eigenvalue weighted by Crippen LogP contribution is -2.48. The lowest BCUT2D eigenvalue weighted by Gasteiger charge is -2.19. The maximum absolute atomic E-state index is 7.35. The van der Waals surface area contributed by atoms with Gasteiger partial charge in [0, 0.05) is 55.0 Å². The first-order chi connectivity index (χ1) is 29.3. The van der Waals surface area contributed by atoms with E-state index in [-0.39, 0.29) is 49.2 Å². The minimum absolute atomic E-state index is 0.127. The molecule has 0 spiro atoms. The van der Waals surface area contributed by atoms with Crippen LogP contribution in [0.5, 0.6) is 0 Å². The van der Waals surface area contributed by atoms with Gasteiger partial charge in [0.1, 0.15) is 86.3 Å². The Kier molecular flexibility index (Phi) is 9.40. The van der Waals surface area contributed by atoms with Gasteiger partial charge in [0.25, 0.3) is 0 Å². The molecule has 0 aliphatic carbocycles. The van der Waals surface area contributed by atoms with E-state index in [1.807, 2.05) is 112 Å². The molecule has 2 aromatic heterocycles. The zero-order valence-electron chi connectivity index (χ0n) is 32.9. The van der Waals surface area contributed by atoms with Crippen molar-refractivity contribution in [2.24, 2.45) is 0 Å². The minimum Gasteiger partial charge on any atom is -0.310 e. The maximum Gasteiger partial charge on any atom is 0.116 e. The summed E-state index contributed by atoms with van der Waals surface area (Å²) < 4.78 is 3.92. The second-order valence-electron chi connectivity index (χ2n) is 15.4. The summed E-state index contributed by atoms with van der Waals surface area (Å²) in [5.41, 5.74) is 12.3. The van der Waals surface area contributed by atoms with E-state index in [2.05, 4.69) is 18.2 Å². The third kappa shape index (κ3) is 6.02. The van der Waals surface area contributed by atoms with Gasteiger partial charge in [-0.2, -0.15) is 0 Å². The Hall–Kier alpha value is -5.93. The van der Waals surface area contributed by atoms with E-state index in [4.69, 9.17) is 86.3 Å². The highest BCUT2D eigenvalue weighted by molar-refractivity contribution is 6.69. The Morgan fingerprint density at radius 3 is 1.34 bits per heavy atom. The fourth-order valence-corrected chi connectivity index (χ4v) is 8.88. The number of hydrogen-bond donors (Lipinski definition) is 0. The van der Waals surface area contributed by atoms with E-state index in [0.717, 1.165) is 39.1 Å². The summed E-state index contributed by atoms with van der Waals surface area (Å²) in [7, 11) is 74.9. The van der Waals surface area contributed by atoms with Crippen LogP contribution in [0, 0.1) is 0 Å². The standard InChI is InChI=1S/C48H21B11N2/c49-28-10-4-8-24(17-28)26-16-27(25-9-5-11-29(50)18-25)20-31(19-26)61-47-35(36-38(53)39(54)40(55)42(57)48(36)61)34-32-21-33(51)37(52)41(56)45(32)60(46(34)43(58)44(47)59)30-14-12-23(13-15-30)22-6-2-1-3-7-22/h1-21H. The van der Waals surface area contributed by atoms with Crippen molar-refractivity contribution in [2.45, 2.75) is 0 Å². The zero-order valence-corrected chi connectivity index (χ0v) is 32.9. The smallest absolute Gasteiger partial charge is 0.116 e. The van der Waals surface area contributed by atoms with Crippen LogP contribution in [0.15, 0.2) is 127 Å². The second kappa shape index (κ2) is 14.6. The highest BCUT2D eigenvalue weighted by Crippen LogP contribution is 2.40. The molecule has 0 atom stereocenters. The molecule has 2 nitrogen and oxygen atoms in total. The molecule has 2 heterocycles. The molecule has 256 valence electrons. The molecule has 8 aromatic carbocycles. The molecule has 0 unspecified atom stereocenters. The van der Waals surface area contributed by atoms with Gasteiger partial charge in [-0.05, 0) is 63.7 Å². The van der Waals surface area contributed by atoms with E-state index in [1.54, 1.807) is 6.07 Å². The van der Waals surface area contributed by atoms with Gasteiger partial charge in [0.15, 0.2) is 0 Å². The Balaban J connectivity index is 1.41. The summed E-state index contributed by atoms with van der Waals surface area (Å²) in [4.78, 5) is 0. The van der Waals surface area contributed by atoms with Gasteiger partial charge in [0.05, 0.1) is 0 Å². The van der Waals surface area contributed by atoms with Crippen molar-refractivity contribution in [1.82, 2.24) is 9.13 Å². The van der Waals surface area contributed by atoms with Crippen molar-refractivity contribution in [1.29, 1.82) is 0 Å². The molecule has 13 heteroatoms. The second-order valence-corrected chi connectivity index (χ2v) is 15.4. The molecule has 0 bridgehead atoms. The molecule has 0 amide bonds. The molecule has 0 aliphatic heterocycles. The average molecular weight is 745 g/mol. The van der Waals surface area contributed by atoms with Gasteiger partial charge in [-0.3, -0.25) is 0 Å². The molecule has 10 rings (SSSR count). The number of nitrogens with zero attached hydrogens (tertiary/aromatic N) is 2. The number of rotatable bonds is 5. The summed E-state index contributed by atoms with van der Waals surface area (Å²) in [6.07, 6.45) is 0. The summed E-state index contributed by atoms with van der Waals surface area (Å²) in [6, 6.07) is 41.4. The SMILES string of the molecule is [B]c1cccc(-c2cc(-c3cccc([B])c3)cc(-n3c4c([B])c([B])c([B])c([B])c4c4c5c6cc([B])c([B])c([B])c6n(-c6ccc(-c7ccccc7)cc6)c5c([B])c([B])c43)c2)c1. The van der Waals surface area contributed by atoms with E-state index in [1.165, 1.54) is 0 Å². The van der Waals surface area contributed by atoms with Crippen molar-refractivity contribution in [2.75, 3.05) is 0 Å². The van der Waals surface area contributed by atoms with Crippen LogP contribution in [0.2, 0.25) is 0 Å². The van der Waals surface area contributed by atoms with Gasteiger partial charge in [-0.15, -0.1) is 21.9 Å². The van der Waals surface area contributed by atoms with Crippen LogP contribution in [0.4, 0.5) is 0 Å². The predicted molar refractivity (Wildman–Crippen MR) is 271 cm³/mol. The molecule has 10 aromatic rings. The lowest BCUT2D eigenvalue weighted by molar-refractivity contribution is 1.19. The summed E-state index contributed by atoms with van der Waals surface area (Å²) in [6.45, 7) is 0. The third-order valence-corrected chi connectivity index (χ3v) is 11.8. The van der Waals surface area contributed by atoms with E-state index < -0.39 is 0 Å². The van der Waals surface area contributed by atoms with E-state index in [0.29, 0.717) is 60.2 Å². The molecule has 0 fully saturated rings. The van der Waals surface area contributed by atoms with Gasteiger partial charge in [0.2, 0.25) is 0 Å². The van der Waals surface area contributed by atoms with Gasteiger partial charge in [-0.25, -0.2) is 0 Å². The van der Waals surface area contributed by atoms with E-state index >= 15 is 0 Å². The average Bonchev–Trinajstić information content (AvgIpc) is 3.80. The normalized spacial score (nSPS) is 11.7. The quantitative estimate of drug-likeness (QED) is 0.213. The van der Waals surface area contributed by atoms with Crippen molar-refractivity contribution >= 4 is 190 Å². The fourth-order valence-electron chi connectivity index (χ4n) is 8.88. The summed E-state index contributed by atoms with van der Waals surface area (Å²) in [5.74, 6) is 0. The highest BCUT2D eigenvalue weighted by atomic mass is 15.0. The Bertz CT molecular complexity index is 3420. The van der Waals surface area contributed by atoms with Crippen LogP contribution in [-0.4, -0.2) is 95.4 Å². The number of benzene rings is 8. The monoisotopic (exact) mass is 746 g/mol. The molecular formula is C48H21B11N2. The minimum atomic E-state index is 0.127. The lowest BCUT2D eigenvalue weighted by atomic mass is 9.65. The molecule has 61 heavy (non-hydrogen) atoms. The Morgan fingerprint density at radius 1 is 0.279 bits per heavy atom. The number of fused-ring (bicyclic) bond motifs is 7. The number of aromatic nitrogens is 2. The van der Waals surface area contributed by atoms with Gasteiger partial charge >= 0.3 is 0 Å². The maximum atomic E-state index is 7.35. The largest absolute Gasteiger partial charge is 0.310 e. The molecular weight excluding hydrogens is 723 g/mol. The molecule has 0 saturated carbocycles. The van der Waals surface area contributed by atoms with Gasteiger partial charge < -0.3 is 9.13 Å². The first-order valence-electron chi connectivity index (χ1n) is 19.5. The molecule has 0 aliphatic rings. The van der Waals surface area contributed by atoms with Crippen LogP contribution in [0.3, 0.4) is 0 Å². The first kappa shape index (κ1) is 39.2. The highest BCUT2D eigenvalue weighted by Gasteiger charge is 2.28. The fraction of sp³-hybridized carbons (Fsp3) is 0. The molecule has 22 radical (unpaired) electrons. The van der Waals surface area contributed by atoms with Crippen LogP contribution in [-0.2, 0) is 0 Å². The van der Waals surface area contributed by atoms with Crippen LogP contribution in [0.25, 0.3) is 88.4 Å². The van der Waals surface area contributed by atoms with Crippen molar-refractivity contribution < 1.29 is 0 Å². The van der Waals surface area contributed by atoms with Crippen LogP contribution >= 0.6 is 0 Å². The Morgan fingerprint density at radius 2 is 0.754 bits per heavy atom. The summed E-state index contributed by atoms with van der Waals surface area (Å²) >= 11 is 0. The van der Waals surface area contributed by atoms with Crippen molar-refractivity contribution in [3.63, 3.8) is 0 Å².